The van der Waals surface area contributed by atoms with Gasteiger partial charge in [-0.3, -0.25) is 9.59 Å². The van der Waals surface area contributed by atoms with E-state index in [1.807, 2.05) is 13.8 Å². The fourth-order valence-electron chi connectivity index (χ4n) is 6.60. The Hall–Kier alpha value is -1.28. The zero-order valence-corrected chi connectivity index (χ0v) is 18.2. The van der Waals surface area contributed by atoms with Gasteiger partial charge in [0.15, 0.2) is 11.4 Å². The van der Waals surface area contributed by atoms with Crippen molar-refractivity contribution >= 4 is 11.8 Å². The van der Waals surface area contributed by atoms with Gasteiger partial charge in [0.05, 0.1) is 11.7 Å². The molecule has 164 valence electrons. The zero-order chi connectivity index (χ0) is 22.2. The van der Waals surface area contributed by atoms with Crippen LogP contribution in [-0.2, 0) is 19.1 Å². The van der Waals surface area contributed by atoms with Crippen LogP contribution in [-0.4, -0.2) is 62.2 Å². The van der Waals surface area contributed by atoms with Crippen LogP contribution >= 0.6 is 0 Å². The van der Waals surface area contributed by atoms with Crippen LogP contribution in [0.5, 0.6) is 0 Å². The lowest BCUT2D eigenvalue weighted by molar-refractivity contribution is -0.370. The highest BCUT2D eigenvalue weighted by atomic mass is 16.6. The summed E-state index contributed by atoms with van der Waals surface area (Å²) in [6.07, 6.45) is -1.30. The Morgan fingerprint density at radius 3 is 2.34 bits per heavy atom. The summed E-state index contributed by atoms with van der Waals surface area (Å²) in [6, 6.07) is 0. The first-order valence-electron chi connectivity index (χ1n) is 10.2. The Labute approximate surface area is 172 Å². The topological polar surface area (TPSA) is 113 Å². The van der Waals surface area contributed by atoms with Crippen molar-refractivity contribution in [2.45, 2.75) is 95.9 Å². The van der Waals surface area contributed by atoms with Gasteiger partial charge in [0, 0.05) is 24.7 Å². The van der Waals surface area contributed by atoms with Gasteiger partial charge in [0.1, 0.15) is 17.8 Å². The molecule has 2 saturated carbocycles. The van der Waals surface area contributed by atoms with Gasteiger partial charge < -0.3 is 24.8 Å². The van der Waals surface area contributed by atoms with Crippen molar-refractivity contribution in [1.82, 2.24) is 0 Å². The van der Waals surface area contributed by atoms with Crippen LogP contribution in [0, 0.1) is 16.7 Å². The van der Waals surface area contributed by atoms with Gasteiger partial charge in [-0.15, -0.1) is 6.58 Å². The minimum absolute atomic E-state index is 0.136. The van der Waals surface area contributed by atoms with Gasteiger partial charge in [-0.2, -0.15) is 0 Å². The number of Topliss-reactive ketones (excluding diaryl/α,β-unsaturated/α-hetero) is 1. The van der Waals surface area contributed by atoms with Gasteiger partial charge in [-0.1, -0.05) is 26.8 Å². The van der Waals surface area contributed by atoms with E-state index in [1.165, 1.54) is 19.9 Å². The normalized spacial score (nSPS) is 51.6. The molecular weight excluding hydrogens is 376 g/mol. The molecule has 3 unspecified atom stereocenters. The SMILES string of the molecule is C=C[C@@]1(C)CC(=O)[C@]2(O)[C@@]3(C)C(O)CCC(C)(C)[C@@H]3C(OC(C)=O)C(O)[C@@]2(C)O1. The molecule has 0 amide bonds. The first kappa shape index (κ1) is 22.4. The highest BCUT2D eigenvalue weighted by molar-refractivity contribution is 5.92. The highest BCUT2D eigenvalue weighted by Crippen LogP contribution is 2.67. The lowest BCUT2D eigenvalue weighted by atomic mass is 9.40. The number of ether oxygens (including phenoxy) is 2. The smallest absolute Gasteiger partial charge is 0.303 e. The summed E-state index contributed by atoms with van der Waals surface area (Å²) < 4.78 is 11.8. The van der Waals surface area contributed by atoms with Crippen molar-refractivity contribution in [2.75, 3.05) is 0 Å². The Balaban J connectivity index is 2.32. The molecule has 3 fully saturated rings. The second-order valence-corrected chi connectivity index (χ2v) is 10.4. The Kier molecular flexibility index (Phi) is 4.91. The number of carbonyl (C=O) groups excluding carboxylic acids is 2. The molecule has 0 bridgehead atoms. The van der Waals surface area contributed by atoms with Crippen LogP contribution in [0.25, 0.3) is 0 Å². The van der Waals surface area contributed by atoms with Crippen LogP contribution in [0.4, 0.5) is 0 Å². The number of rotatable bonds is 2. The number of carbonyl (C=O) groups is 2. The second kappa shape index (κ2) is 6.36. The maximum atomic E-state index is 13.5. The van der Waals surface area contributed by atoms with E-state index in [1.54, 1.807) is 13.8 Å². The molecule has 3 rings (SSSR count). The Morgan fingerprint density at radius 1 is 1.24 bits per heavy atom. The minimum atomic E-state index is -2.18. The van der Waals surface area contributed by atoms with E-state index in [-0.39, 0.29) is 6.42 Å². The molecule has 0 aromatic carbocycles. The van der Waals surface area contributed by atoms with Crippen LogP contribution < -0.4 is 0 Å². The molecule has 8 atom stereocenters. The van der Waals surface area contributed by atoms with Crippen molar-refractivity contribution in [3.63, 3.8) is 0 Å². The first-order chi connectivity index (χ1) is 13.1. The van der Waals surface area contributed by atoms with Crippen LogP contribution in [0.15, 0.2) is 12.7 Å². The third-order valence-electron chi connectivity index (χ3n) is 8.04. The van der Waals surface area contributed by atoms with Gasteiger partial charge in [-0.05, 0) is 32.1 Å². The standard InChI is InChI=1S/C22H34O7/c1-8-19(5)11-14(25)22(27)20(6)13(24)9-10-18(3,4)16(20)15(28-12(2)23)17(26)21(22,7)29-19/h8,13,15-17,24,26-27H,1,9-11H2,2-7H3/t13?,15?,16-,17?,19-,20-,21+,22-/m0/s1. The van der Waals surface area contributed by atoms with Gasteiger partial charge >= 0.3 is 5.97 Å². The molecule has 0 aromatic heterocycles. The fraction of sp³-hybridized carbons (Fsp3) is 0.818. The van der Waals surface area contributed by atoms with Crippen molar-refractivity contribution < 1.29 is 34.4 Å². The summed E-state index contributed by atoms with van der Waals surface area (Å²) in [7, 11) is 0. The lowest BCUT2D eigenvalue weighted by Gasteiger charge is -2.71. The highest BCUT2D eigenvalue weighted by Gasteiger charge is 2.81. The molecule has 0 radical (unpaired) electrons. The Bertz CT molecular complexity index is 747. The quantitative estimate of drug-likeness (QED) is 0.467. The summed E-state index contributed by atoms with van der Waals surface area (Å²) in [5.41, 5.74) is -7.03. The molecule has 1 aliphatic heterocycles. The molecule has 0 aromatic rings. The summed E-state index contributed by atoms with van der Waals surface area (Å²) in [6.45, 7) is 13.6. The monoisotopic (exact) mass is 410 g/mol. The lowest BCUT2D eigenvalue weighted by Crippen LogP contribution is -2.86. The molecule has 2 aliphatic carbocycles. The molecule has 0 spiro atoms. The van der Waals surface area contributed by atoms with E-state index in [0.717, 1.165) is 0 Å². The maximum absolute atomic E-state index is 13.5. The molecule has 1 saturated heterocycles. The number of hydrogen-bond acceptors (Lipinski definition) is 7. The van der Waals surface area contributed by atoms with E-state index < -0.39 is 63.6 Å². The number of aliphatic hydroxyl groups is 3. The molecule has 3 aliphatic rings. The van der Waals surface area contributed by atoms with Crippen LogP contribution in [0.2, 0.25) is 0 Å². The van der Waals surface area contributed by atoms with Gasteiger partial charge in [-0.25, -0.2) is 0 Å². The van der Waals surface area contributed by atoms with E-state index in [9.17, 15) is 24.9 Å². The molecule has 3 N–H and O–H groups in total. The molecule has 1 heterocycles. The van der Waals surface area contributed by atoms with Crippen molar-refractivity contribution in [1.29, 1.82) is 0 Å². The molecule has 7 heteroatoms. The number of aliphatic hydroxyl groups excluding tert-OH is 2. The maximum Gasteiger partial charge on any atom is 0.303 e. The zero-order valence-electron chi connectivity index (χ0n) is 18.2. The summed E-state index contributed by atoms with van der Waals surface area (Å²) in [4.78, 5) is 25.5. The summed E-state index contributed by atoms with van der Waals surface area (Å²) in [5.74, 6) is -1.77. The molecule has 7 nitrogen and oxygen atoms in total. The van der Waals surface area contributed by atoms with E-state index in [2.05, 4.69) is 6.58 Å². The van der Waals surface area contributed by atoms with E-state index in [4.69, 9.17) is 9.47 Å². The van der Waals surface area contributed by atoms with Crippen LogP contribution in [0.3, 0.4) is 0 Å². The summed E-state index contributed by atoms with van der Waals surface area (Å²) >= 11 is 0. The predicted octanol–water partition coefficient (Wildman–Crippen LogP) is 1.52. The third kappa shape index (κ3) is 2.63. The largest absolute Gasteiger partial charge is 0.459 e. The average Bonchev–Trinajstić information content (AvgIpc) is 2.60. The van der Waals surface area contributed by atoms with Gasteiger partial charge in [0.2, 0.25) is 0 Å². The number of fused-ring (bicyclic) bond motifs is 3. The number of hydrogen-bond donors (Lipinski definition) is 3. The Morgan fingerprint density at radius 2 is 1.83 bits per heavy atom. The van der Waals surface area contributed by atoms with Crippen molar-refractivity contribution in [3.05, 3.63) is 12.7 Å². The molecule has 29 heavy (non-hydrogen) atoms. The van der Waals surface area contributed by atoms with Crippen LogP contribution in [0.1, 0.15) is 60.8 Å². The van der Waals surface area contributed by atoms with Crippen molar-refractivity contribution in [3.8, 4) is 0 Å². The van der Waals surface area contributed by atoms with E-state index in [0.29, 0.717) is 12.8 Å². The number of ketones is 1. The second-order valence-electron chi connectivity index (χ2n) is 10.4. The van der Waals surface area contributed by atoms with Crippen molar-refractivity contribution in [2.24, 2.45) is 16.7 Å². The predicted molar refractivity (Wildman–Crippen MR) is 105 cm³/mol. The minimum Gasteiger partial charge on any atom is -0.459 e. The average molecular weight is 411 g/mol. The third-order valence-corrected chi connectivity index (χ3v) is 8.04. The fourth-order valence-corrected chi connectivity index (χ4v) is 6.60. The van der Waals surface area contributed by atoms with E-state index >= 15 is 0 Å². The summed E-state index contributed by atoms with van der Waals surface area (Å²) in [5, 5.41) is 34.6. The van der Waals surface area contributed by atoms with Gasteiger partial charge in [0.25, 0.3) is 0 Å². The molecular formula is C22H34O7. The first-order valence-corrected chi connectivity index (χ1v) is 10.2. The number of esters is 1.